The van der Waals surface area contributed by atoms with Crippen molar-refractivity contribution in [2.24, 2.45) is 11.7 Å². The van der Waals surface area contributed by atoms with Crippen LogP contribution in [0.25, 0.3) is 0 Å². The Balaban J connectivity index is 3.25. The van der Waals surface area contributed by atoms with Crippen LogP contribution in [0.3, 0.4) is 0 Å². The molecule has 6 heteroatoms. The SMILES string of the molecule is COc1ccc(C#CCN)cc1S(=O)(=O)NC(C)C(C)C. The Bertz CT molecular complexity index is 643. The molecule has 0 bridgehead atoms. The summed E-state index contributed by atoms with van der Waals surface area (Å²) >= 11 is 0. The molecule has 0 amide bonds. The number of sulfonamides is 1. The van der Waals surface area contributed by atoms with Crippen molar-refractivity contribution in [3.63, 3.8) is 0 Å². The first-order chi connectivity index (χ1) is 9.81. The number of nitrogens with two attached hydrogens (primary N) is 1. The van der Waals surface area contributed by atoms with E-state index in [9.17, 15) is 8.42 Å². The highest BCUT2D eigenvalue weighted by Crippen LogP contribution is 2.25. The average molecular weight is 310 g/mol. The lowest BCUT2D eigenvalue weighted by Crippen LogP contribution is -2.36. The molecular weight excluding hydrogens is 288 g/mol. The minimum absolute atomic E-state index is 0.0846. The molecule has 1 aromatic rings. The minimum atomic E-state index is -3.67. The minimum Gasteiger partial charge on any atom is -0.495 e. The number of ether oxygens (including phenoxy) is 1. The number of hydrogen-bond acceptors (Lipinski definition) is 4. The molecule has 0 heterocycles. The quantitative estimate of drug-likeness (QED) is 0.804. The summed E-state index contributed by atoms with van der Waals surface area (Å²) in [7, 11) is -2.23. The van der Waals surface area contributed by atoms with Gasteiger partial charge < -0.3 is 10.5 Å². The molecule has 3 N–H and O–H groups in total. The Hall–Kier alpha value is -1.55. The van der Waals surface area contributed by atoms with Crippen LogP contribution in [0, 0.1) is 17.8 Å². The lowest BCUT2D eigenvalue weighted by molar-refractivity contribution is 0.401. The fraction of sp³-hybridized carbons (Fsp3) is 0.467. The van der Waals surface area contributed by atoms with Gasteiger partial charge in [0.25, 0.3) is 0 Å². The molecule has 0 aliphatic rings. The van der Waals surface area contributed by atoms with E-state index < -0.39 is 10.0 Å². The van der Waals surface area contributed by atoms with Gasteiger partial charge in [-0.15, -0.1) is 0 Å². The normalized spacial score (nSPS) is 12.7. The zero-order valence-corrected chi connectivity index (χ0v) is 13.6. The topological polar surface area (TPSA) is 81.4 Å². The van der Waals surface area contributed by atoms with Crippen molar-refractivity contribution >= 4 is 10.0 Å². The van der Waals surface area contributed by atoms with Crippen LogP contribution >= 0.6 is 0 Å². The largest absolute Gasteiger partial charge is 0.495 e. The van der Waals surface area contributed by atoms with Gasteiger partial charge >= 0.3 is 0 Å². The highest BCUT2D eigenvalue weighted by molar-refractivity contribution is 7.89. The Kier molecular flexibility index (Phi) is 6.21. The van der Waals surface area contributed by atoms with Gasteiger partial charge in [0, 0.05) is 11.6 Å². The third-order valence-electron chi connectivity index (χ3n) is 3.13. The maximum atomic E-state index is 12.5. The van der Waals surface area contributed by atoms with E-state index >= 15 is 0 Å². The van der Waals surface area contributed by atoms with Gasteiger partial charge in [0.1, 0.15) is 10.6 Å². The molecule has 0 aliphatic heterocycles. The summed E-state index contributed by atoms with van der Waals surface area (Å²) in [6.07, 6.45) is 0. The molecule has 0 aromatic heterocycles. The zero-order chi connectivity index (χ0) is 16.0. The summed E-state index contributed by atoms with van der Waals surface area (Å²) in [5.41, 5.74) is 5.91. The third-order valence-corrected chi connectivity index (χ3v) is 4.71. The fourth-order valence-electron chi connectivity index (χ4n) is 1.56. The third kappa shape index (κ3) is 4.74. The highest BCUT2D eigenvalue weighted by atomic mass is 32.2. The van der Waals surface area contributed by atoms with Gasteiger partial charge in [-0.2, -0.15) is 0 Å². The summed E-state index contributed by atoms with van der Waals surface area (Å²) in [6.45, 7) is 5.95. The van der Waals surface area contributed by atoms with Crippen LogP contribution in [0.1, 0.15) is 26.3 Å². The Labute approximate surface area is 126 Å². The number of nitrogens with one attached hydrogen (secondary N) is 1. The lowest BCUT2D eigenvalue weighted by Gasteiger charge is -2.18. The summed E-state index contributed by atoms with van der Waals surface area (Å²) in [4.78, 5) is 0.0846. The van der Waals surface area contributed by atoms with Gasteiger partial charge in [-0.25, -0.2) is 13.1 Å². The first-order valence-corrected chi connectivity index (χ1v) is 8.19. The molecule has 1 rings (SSSR count). The molecule has 21 heavy (non-hydrogen) atoms. The Morgan fingerprint density at radius 3 is 2.52 bits per heavy atom. The summed E-state index contributed by atoms with van der Waals surface area (Å²) < 4.78 is 32.8. The van der Waals surface area contributed by atoms with Gasteiger partial charge in [-0.05, 0) is 31.0 Å². The first-order valence-electron chi connectivity index (χ1n) is 6.71. The molecule has 0 radical (unpaired) electrons. The van der Waals surface area contributed by atoms with E-state index in [0.717, 1.165) is 0 Å². The van der Waals surface area contributed by atoms with Crippen molar-refractivity contribution in [1.82, 2.24) is 4.72 Å². The molecule has 5 nitrogen and oxygen atoms in total. The van der Waals surface area contributed by atoms with Crippen LogP contribution in [-0.2, 0) is 10.0 Å². The fourth-order valence-corrected chi connectivity index (χ4v) is 3.15. The Morgan fingerprint density at radius 2 is 2.00 bits per heavy atom. The van der Waals surface area contributed by atoms with E-state index in [0.29, 0.717) is 5.56 Å². The van der Waals surface area contributed by atoms with Crippen molar-refractivity contribution < 1.29 is 13.2 Å². The van der Waals surface area contributed by atoms with E-state index in [2.05, 4.69) is 16.6 Å². The smallest absolute Gasteiger partial charge is 0.244 e. The van der Waals surface area contributed by atoms with Crippen molar-refractivity contribution in [2.75, 3.05) is 13.7 Å². The van der Waals surface area contributed by atoms with Crippen LogP contribution in [0.15, 0.2) is 23.1 Å². The van der Waals surface area contributed by atoms with E-state index in [1.807, 2.05) is 20.8 Å². The number of rotatable bonds is 5. The van der Waals surface area contributed by atoms with E-state index in [4.69, 9.17) is 10.5 Å². The van der Waals surface area contributed by atoms with Crippen molar-refractivity contribution in [3.05, 3.63) is 23.8 Å². The molecule has 0 fully saturated rings. The maximum Gasteiger partial charge on any atom is 0.244 e. The van der Waals surface area contributed by atoms with Gasteiger partial charge in [-0.1, -0.05) is 25.7 Å². The summed E-state index contributed by atoms with van der Waals surface area (Å²) in [5, 5.41) is 0. The predicted octanol–water partition coefficient (Wildman–Crippen LogP) is 1.33. The van der Waals surface area contributed by atoms with E-state index in [1.54, 1.807) is 12.1 Å². The van der Waals surface area contributed by atoms with Crippen LogP contribution in [0.5, 0.6) is 5.75 Å². The van der Waals surface area contributed by atoms with Crippen LogP contribution in [0.2, 0.25) is 0 Å². The molecule has 0 saturated carbocycles. The standard InChI is InChI=1S/C15H22N2O3S/c1-11(2)12(3)17-21(18,19)15-10-13(6-5-9-16)7-8-14(15)20-4/h7-8,10-12,17H,9,16H2,1-4H3. The second kappa shape index (κ2) is 7.46. The predicted molar refractivity (Wildman–Crippen MR) is 83.5 cm³/mol. The molecule has 0 aliphatic carbocycles. The number of benzene rings is 1. The molecule has 1 unspecified atom stereocenters. The van der Waals surface area contributed by atoms with E-state index in [1.165, 1.54) is 13.2 Å². The van der Waals surface area contributed by atoms with Gasteiger partial charge in [0.2, 0.25) is 10.0 Å². The first kappa shape index (κ1) is 17.5. The average Bonchev–Trinajstić information content (AvgIpc) is 2.44. The number of methoxy groups -OCH3 is 1. The Morgan fingerprint density at radius 1 is 1.33 bits per heavy atom. The molecule has 116 valence electrons. The second-order valence-corrected chi connectivity index (χ2v) is 6.71. The molecule has 0 saturated heterocycles. The van der Waals surface area contributed by atoms with Gasteiger partial charge in [-0.3, -0.25) is 0 Å². The highest BCUT2D eigenvalue weighted by Gasteiger charge is 2.23. The van der Waals surface area contributed by atoms with Gasteiger partial charge in [0.15, 0.2) is 0 Å². The summed E-state index contributed by atoms with van der Waals surface area (Å²) in [6, 6.07) is 4.61. The molecule has 0 spiro atoms. The molecule has 1 atom stereocenters. The van der Waals surface area contributed by atoms with E-state index in [-0.39, 0.29) is 29.1 Å². The maximum absolute atomic E-state index is 12.5. The summed E-state index contributed by atoms with van der Waals surface area (Å²) in [5.74, 6) is 6.00. The molecule has 1 aromatic carbocycles. The number of hydrogen-bond donors (Lipinski definition) is 2. The van der Waals surface area contributed by atoms with Crippen LogP contribution in [0.4, 0.5) is 0 Å². The van der Waals surface area contributed by atoms with Crippen molar-refractivity contribution in [2.45, 2.75) is 31.7 Å². The van der Waals surface area contributed by atoms with Crippen molar-refractivity contribution in [3.8, 4) is 17.6 Å². The monoisotopic (exact) mass is 310 g/mol. The van der Waals surface area contributed by atoms with Crippen molar-refractivity contribution in [1.29, 1.82) is 0 Å². The zero-order valence-electron chi connectivity index (χ0n) is 12.8. The molecular formula is C15H22N2O3S. The van der Waals surface area contributed by atoms with Crippen LogP contribution < -0.4 is 15.2 Å². The van der Waals surface area contributed by atoms with Crippen LogP contribution in [-0.4, -0.2) is 28.1 Å². The second-order valence-electron chi connectivity index (χ2n) is 5.03. The lowest BCUT2D eigenvalue weighted by atomic mass is 10.1. The van der Waals surface area contributed by atoms with Gasteiger partial charge in [0.05, 0.1) is 13.7 Å².